The van der Waals surface area contributed by atoms with Gasteiger partial charge in [0, 0.05) is 13.0 Å². The minimum Gasteiger partial charge on any atom is -0.271 e. The Morgan fingerprint density at radius 1 is 1.40 bits per heavy atom. The third-order valence-electron chi connectivity index (χ3n) is 1.29. The highest BCUT2D eigenvalue weighted by atomic mass is 14.9. The van der Waals surface area contributed by atoms with Crippen molar-refractivity contribution in [2.75, 3.05) is 6.54 Å². The summed E-state index contributed by atoms with van der Waals surface area (Å²) in [6.45, 7) is 8.36. The van der Waals surface area contributed by atoms with Crippen LogP contribution in [0.2, 0.25) is 0 Å². The second-order valence-corrected chi connectivity index (χ2v) is 1.91. The fourth-order valence-electron chi connectivity index (χ4n) is 0.811. The van der Waals surface area contributed by atoms with Gasteiger partial charge in [0.25, 0.3) is 0 Å². The monoisotopic (exact) mass is 140 g/mol. The lowest BCUT2D eigenvalue weighted by Gasteiger charge is -2.04. The summed E-state index contributed by atoms with van der Waals surface area (Å²) >= 11 is 0. The first-order valence-electron chi connectivity index (χ1n) is 3.93. The highest BCUT2D eigenvalue weighted by Gasteiger charge is 1.99. The van der Waals surface area contributed by atoms with Crippen LogP contribution >= 0.6 is 0 Å². The first-order valence-corrected chi connectivity index (χ1v) is 3.93. The molecule has 0 aliphatic carbocycles. The molecule has 0 aromatic heterocycles. The normalized spacial score (nSPS) is 16.4. The predicted molar refractivity (Wildman–Crippen MR) is 47.1 cm³/mol. The number of amidine groups is 1. The Bertz CT molecular complexity index is 116. The van der Waals surface area contributed by atoms with Gasteiger partial charge < -0.3 is 0 Å². The number of nitrogens with zero attached hydrogens (tertiary/aromatic N) is 2. The number of aliphatic imine (C=N–C) groups is 2. The van der Waals surface area contributed by atoms with Gasteiger partial charge in [0.15, 0.2) is 0 Å². The fourth-order valence-corrected chi connectivity index (χ4v) is 0.811. The van der Waals surface area contributed by atoms with E-state index >= 15 is 0 Å². The second kappa shape index (κ2) is 6.46. The Morgan fingerprint density at radius 2 is 2.10 bits per heavy atom. The molecule has 0 aromatic rings. The molecular formula is C8H16N2. The van der Waals surface area contributed by atoms with Gasteiger partial charge in [-0.3, -0.25) is 4.99 Å². The van der Waals surface area contributed by atoms with Crippen molar-refractivity contribution in [1.82, 2.24) is 0 Å². The molecule has 0 fully saturated rings. The number of hydrogen-bond donors (Lipinski definition) is 0. The quantitative estimate of drug-likeness (QED) is 0.461. The Morgan fingerprint density at radius 3 is 2.40 bits per heavy atom. The molecule has 0 amide bonds. The van der Waals surface area contributed by atoms with Crippen molar-refractivity contribution in [2.45, 2.75) is 33.1 Å². The zero-order valence-electron chi connectivity index (χ0n) is 6.93. The molecule has 1 rings (SSSR count). The summed E-state index contributed by atoms with van der Waals surface area (Å²) in [5, 5.41) is 0. The molecule has 0 spiro atoms. The van der Waals surface area contributed by atoms with E-state index in [1.165, 1.54) is 12.8 Å². The maximum absolute atomic E-state index is 4.14. The summed E-state index contributed by atoms with van der Waals surface area (Å²) in [5.41, 5.74) is 0. The third kappa shape index (κ3) is 3.38. The first-order chi connectivity index (χ1) is 4.93. The lowest BCUT2D eigenvalue weighted by atomic mass is 10.2. The average Bonchev–Trinajstić information content (AvgIpc) is 2.10. The van der Waals surface area contributed by atoms with Crippen molar-refractivity contribution >= 4 is 12.6 Å². The molecule has 0 aromatic carbocycles. The molecular weight excluding hydrogens is 124 g/mol. The second-order valence-electron chi connectivity index (χ2n) is 1.91. The molecule has 58 valence electrons. The Balaban J connectivity index is 0.000000371. The van der Waals surface area contributed by atoms with E-state index in [1.54, 1.807) is 0 Å². The molecule has 0 N–H and O–H groups in total. The molecule has 10 heavy (non-hydrogen) atoms. The summed E-state index contributed by atoms with van der Waals surface area (Å²) in [6, 6.07) is 0. The topological polar surface area (TPSA) is 24.7 Å². The standard InChI is InChI=1S/C6H10N2.C2H6/c1-7-6-4-2-3-5-8-6;1-2/h1-5H2;1-2H3. The van der Waals surface area contributed by atoms with E-state index in [2.05, 4.69) is 16.7 Å². The van der Waals surface area contributed by atoms with E-state index in [9.17, 15) is 0 Å². The maximum atomic E-state index is 4.14. The lowest BCUT2D eigenvalue weighted by molar-refractivity contribution is 0.734. The highest BCUT2D eigenvalue weighted by molar-refractivity contribution is 5.86. The molecule has 0 atom stereocenters. The lowest BCUT2D eigenvalue weighted by Crippen LogP contribution is -2.01. The van der Waals surface area contributed by atoms with Crippen LogP contribution in [0.3, 0.4) is 0 Å². The van der Waals surface area contributed by atoms with E-state index < -0.39 is 0 Å². The van der Waals surface area contributed by atoms with Gasteiger partial charge in [0.1, 0.15) is 5.84 Å². The molecule has 0 saturated carbocycles. The van der Waals surface area contributed by atoms with Gasteiger partial charge in [0.05, 0.1) is 0 Å². The summed E-state index contributed by atoms with van der Waals surface area (Å²) in [4.78, 5) is 7.88. The van der Waals surface area contributed by atoms with Crippen molar-refractivity contribution in [3.8, 4) is 0 Å². The average molecular weight is 140 g/mol. The third-order valence-corrected chi connectivity index (χ3v) is 1.29. The smallest absolute Gasteiger partial charge is 0.122 e. The van der Waals surface area contributed by atoms with Crippen molar-refractivity contribution in [3.05, 3.63) is 0 Å². The van der Waals surface area contributed by atoms with Crippen LogP contribution in [0.5, 0.6) is 0 Å². The van der Waals surface area contributed by atoms with Crippen LogP contribution in [-0.4, -0.2) is 19.1 Å². The van der Waals surface area contributed by atoms with Gasteiger partial charge in [-0.05, 0) is 19.6 Å². The first kappa shape index (κ1) is 9.34. The summed E-state index contributed by atoms with van der Waals surface area (Å²) < 4.78 is 0. The van der Waals surface area contributed by atoms with Crippen LogP contribution in [0.1, 0.15) is 33.1 Å². The van der Waals surface area contributed by atoms with Crippen LogP contribution < -0.4 is 0 Å². The van der Waals surface area contributed by atoms with Crippen molar-refractivity contribution in [1.29, 1.82) is 0 Å². The van der Waals surface area contributed by atoms with E-state index in [0.717, 1.165) is 18.8 Å². The SMILES string of the molecule is C=NC1=NCCCC1.CC. The minimum absolute atomic E-state index is 0.941. The van der Waals surface area contributed by atoms with Crippen LogP contribution in [0.4, 0.5) is 0 Å². The van der Waals surface area contributed by atoms with E-state index in [1.807, 2.05) is 13.8 Å². The van der Waals surface area contributed by atoms with Gasteiger partial charge >= 0.3 is 0 Å². The van der Waals surface area contributed by atoms with E-state index in [0.29, 0.717) is 0 Å². The number of hydrogen-bond acceptors (Lipinski definition) is 2. The van der Waals surface area contributed by atoms with E-state index in [-0.39, 0.29) is 0 Å². The molecule has 0 unspecified atom stereocenters. The van der Waals surface area contributed by atoms with Crippen LogP contribution in [-0.2, 0) is 0 Å². The molecule has 0 bridgehead atoms. The Hall–Kier alpha value is -0.660. The van der Waals surface area contributed by atoms with Crippen LogP contribution in [0, 0.1) is 0 Å². The zero-order valence-corrected chi connectivity index (χ0v) is 6.93. The summed E-state index contributed by atoms with van der Waals surface area (Å²) in [5.74, 6) is 0.941. The largest absolute Gasteiger partial charge is 0.271 e. The molecule has 2 nitrogen and oxygen atoms in total. The summed E-state index contributed by atoms with van der Waals surface area (Å²) in [7, 11) is 0. The molecule has 0 saturated heterocycles. The molecule has 1 aliphatic rings. The fraction of sp³-hybridized carbons (Fsp3) is 0.750. The Kier molecular flexibility index (Phi) is 6.03. The van der Waals surface area contributed by atoms with Crippen molar-refractivity contribution < 1.29 is 0 Å². The molecule has 1 heterocycles. The van der Waals surface area contributed by atoms with Gasteiger partial charge in [-0.15, -0.1) is 0 Å². The van der Waals surface area contributed by atoms with Gasteiger partial charge in [-0.25, -0.2) is 4.99 Å². The van der Waals surface area contributed by atoms with Crippen LogP contribution in [0.15, 0.2) is 9.98 Å². The molecule has 2 heteroatoms. The van der Waals surface area contributed by atoms with Gasteiger partial charge in [0.2, 0.25) is 0 Å². The molecule has 1 aliphatic heterocycles. The maximum Gasteiger partial charge on any atom is 0.122 e. The van der Waals surface area contributed by atoms with Gasteiger partial charge in [-0.1, -0.05) is 13.8 Å². The molecule has 0 radical (unpaired) electrons. The minimum atomic E-state index is 0.941. The van der Waals surface area contributed by atoms with Crippen molar-refractivity contribution in [3.63, 3.8) is 0 Å². The van der Waals surface area contributed by atoms with Crippen molar-refractivity contribution in [2.24, 2.45) is 9.98 Å². The van der Waals surface area contributed by atoms with Crippen LogP contribution in [0.25, 0.3) is 0 Å². The van der Waals surface area contributed by atoms with Gasteiger partial charge in [-0.2, -0.15) is 0 Å². The Labute approximate surface area is 63.1 Å². The number of rotatable bonds is 0. The predicted octanol–water partition coefficient (Wildman–Crippen LogP) is 2.30. The zero-order chi connectivity index (χ0) is 7.82. The summed E-state index contributed by atoms with van der Waals surface area (Å²) in [6.07, 6.45) is 3.49. The highest BCUT2D eigenvalue weighted by Crippen LogP contribution is 2.05. The van der Waals surface area contributed by atoms with E-state index in [4.69, 9.17) is 0 Å².